The molecule has 3 nitrogen and oxygen atoms in total. The van der Waals surface area contributed by atoms with Crippen molar-refractivity contribution < 1.29 is 9.53 Å². The summed E-state index contributed by atoms with van der Waals surface area (Å²) in [5.41, 5.74) is 6.72. The van der Waals surface area contributed by atoms with E-state index < -0.39 is 0 Å². The van der Waals surface area contributed by atoms with Crippen LogP contribution in [0.2, 0.25) is 0 Å². The van der Waals surface area contributed by atoms with Crippen LogP contribution in [0.3, 0.4) is 0 Å². The maximum absolute atomic E-state index is 11.3. The Bertz CT molecular complexity index is 363. The van der Waals surface area contributed by atoms with E-state index in [4.69, 9.17) is 10.5 Å². The Hall–Kier alpha value is -1.03. The van der Waals surface area contributed by atoms with Gasteiger partial charge in [-0.2, -0.15) is 0 Å². The first kappa shape index (κ1) is 11.0. The number of Topliss-reactive ketones (excluding diaryl/α,β-unsaturated/α-hetero) is 1. The molecule has 0 aliphatic heterocycles. The Kier molecular flexibility index (Phi) is 3.52. The van der Waals surface area contributed by atoms with Crippen molar-refractivity contribution in [1.29, 1.82) is 0 Å². The first-order valence-electron chi connectivity index (χ1n) is 4.29. The molecule has 0 aliphatic carbocycles. The second-order valence-electron chi connectivity index (χ2n) is 2.83. The number of carbonyl (C=O) groups excluding carboxylic acids is 1. The average molecular weight is 258 g/mol. The van der Waals surface area contributed by atoms with Crippen LogP contribution < -0.4 is 10.5 Å². The van der Waals surface area contributed by atoms with Gasteiger partial charge in [0.25, 0.3) is 0 Å². The predicted octanol–water partition coefficient (Wildman–Crippen LogP) is 2.63. The second kappa shape index (κ2) is 4.46. The summed E-state index contributed by atoms with van der Waals surface area (Å²) in [6.07, 6.45) is 0. The number of hydrogen-bond donors (Lipinski definition) is 1. The van der Waals surface area contributed by atoms with E-state index in [1.54, 1.807) is 12.1 Å². The van der Waals surface area contributed by atoms with Crippen LogP contribution in [0.15, 0.2) is 16.6 Å². The number of nitrogens with two attached hydrogens (primary N) is 1. The molecular formula is C10H12BrNO2. The molecule has 0 radical (unpaired) electrons. The van der Waals surface area contributed by atoms with Gasteiger partial charge in [-0.1, -0.05) is 0 Å². The number of carbonyl (C=O) groups is 1. The number of ether oxygens (including phenoxy) is 1. The number of benzene rings is 1. The third-order valence-corrected chi connectivity index (χ3v) is 2.64. The SMILES string of the molecule is CCOc1ccc(N)c(Br)c1C(C)=O. The van der Waals surface area contributed by atoms with E-state index in [0.29, 0.717) is 28.1 Å². The molecule has 1 rings (SSSR count). The fraction of sp³-hybridized carbons (Fsp3) is 0.300. The largest absolute Gasteiger partial charge is 0.493 e. The Balaban J connectivity index is 3.30. The van der Waals surface area contributed by atoms with Crippen LogP contribution in [0, 0.1) is 0 Å². The van der Waals surface area contributed by atoms with E-state index in [9.17, 15) is 4.79 Å². The van der Waals surface area contributed by atoms with E-state index in [2.05, 4.69) is 15.9 Å². The maximum atomic E-state index is 11.3. The summed E-state index contributed by atoms with van der Waals surface area (Å²) in [5, 5.41) is 0. The van der Waals surface area contributed by atoms with Crippen molar-refractivity contribution in [2.45, 2.75) is 13.8 Å². The van der Waals surface area contributed by atoms with Gasteiger partial charge in [0.1, 0.15) is 5.75 Å². The lowest BCUT2D eigenvalue weighted by molar-refractivity contribution is 0.101. The molecule has 14 heavy (non-hydrogen) atoms. The number of anilines is 1. The molecule has 0 fully saturated rings. The van der Waals surface area contributed by atoms with Crippen molar-refractivity contribution in [3.05, 3.63) is 22.2 Å². The number of ketones is 1. The molecular weight excluding hydrogens is 246 g/mol. The number of halogens is 1. The number of nitrogen functional groups attached to an aromatic ring is 1. The maximum Gasteiger partial charge on any atom is 0.164 e. The van der Waals surface area contributed by atoms with Gasteiger partial charge in [-0.15, -0.1) is 0 Å². The number of rotatable bonds is 3. The van der Waals surface area contributed by atoms with Crippen molar-refractivity contribution >= 4 is 27.4 Å². The van der Waals surface area contributed by atoms with Crippen molar-refractivity contribution in [2.75, 3.05) is 12.3 Å². The van der Waals surface area contributed by atoms with Crippen LogP contribution in [0.25, 0.3) is 0 Å². The minimum atomic E-state index is -0.0624. The predicted molar refractivity (Wildman–Crippen MR) is 59.7 cm³/mol. The normalized spacial score (nSPS) is 9.93. The van der Waals surface area contributed by atoms with Crippen LogP contribution in [0.1, 0.15) is 24.2 Å². The zero-order valence-electron chi connectivity index (χ0n) is 8.13. The van der Waals surface area contributed by atoms with Crippen molar-refractivity contribution in [2.24, 2.45) is 0 Å². The molecule has 0 heterocycles. The molecule has 0 aliphatic rings. The Morgan fingerprint density at radius 2 is 2.21 bits per heavy atom. The van der Waals surface area contributed by atoms with Gasteiger partial charge < -0.3 is 10.5 Å². The van der Waals surface area contributed by atoms with Gasteiger partial charge in [0, 0.05) is 5.69 Å². The van der Waals surface area contributed by atoms with Gasteiger partial charge >= 0.3 is 0 Å². The van der Waals surface area contributed by atoms with Gasteiger partial charge in [0.15, 0.2) is 5.78 Å². The zero-order chi connectivity index (χ0) is 10.7. The smallest absolute Gasteiger partial charge is 0.164 e. The molecule has 1 aromatic carbocycles. The van der Waals surface area contributed by atoms with Crippen LogP contribution in [0.4, 0.5) is 5.69 Å². The molecule has 0 aromatic heterocycles. The monoisotopic (exact) mass is 257 g/mol. The van der Waals surface area contributed by atoms with E-state index in [0.717, 1.165) is 0 Å². The molecule has 4 heteroatoms. The molecule has 0 spiro atoms. The quantitative estimate of drug-likeness (QED) is 0.669. The van der Waals surface area contributed by atoms with Crippen LogP contribution >= 0.6 is 15.9 Å². The molecule has 76 valence electrons. The third-order valence-electron chi connectivity index (χ3n) is 1.79. The summed E-state index contributed by atoms with van der Waals surface area (Å²) in [4.78, 5) is 11.3. The minimum Gasteiger partial charge on any atom is -0.493 e. The fourth-order valence-corrected chi connectivity index (χ4v) is 1.79. The lowest BCUT2D eigenvalue weighted by Gasteiger charge is -2.10. The number of hydrogen-bond acceptors (Lipinski definition) is 3. The molecule has 1 aromatic rings. The molecule has 0 saturated carbocycles. The summed E-state index contributed by atoms with van der Waals surface area (Å²) < 4.78 is 5.94. The van der Waals surface area contributed by atoms with Crippen LogP contribution in [-0.2, 0) is 0 Å². The van der Waals surface area contributed by atoms with E-state index in [-0.39, 0.29) is 5.78 Å². The lowest BCUT2D eigenvalue weighted by atomic mass is 10.1. The van der Waals surface area contributed by atoms with Gasteiger partial charge in [-0.05, 0) is 41.9 Å². The van der Waals surface area contributed by atoms with E-state index in [1.165, 1.54) is 6.92 Å². The summed E-state index contributed by atoms with van der Waals surface area (Å²) >= 11 is 3.28. The first-order valence-corrected chi connectivity index (χ1v) is 5.09. The van der Waals surface area contributed by atoms with Crippen molar-refractivity contribution in [3.8, 4) is 5.75 Å². The Morgan fingerprint density at radius 1 is 1.57 bits per heavy atom. The standard InChI is InChI=1S/C10H12BrNO2/c1-3-14-8-5-4-7(12)10(11)9(8)6(2)13/h4-5H,3,12H2,1-2H3. The summed E-state index contributed by atoms with van der Waals surface area (Å²) in [6.45, 7) is 3.88. The summed E-state index contributed by atoms with van der Waals surface area (Å²) in [5.74, 6) is 0.508. The third kappa shape index (κ3) is 2.07. The molecule has 2 N–H and O–H groups in total. The first-order chi connectivity index (χ1) is 6.57. The van der Waals surface area contributed by atoms with Crippen LogP contribution in [-0.4, -0.2) is 12.4 Å². The highest BCUT2D eigenvalue weighted by atomic mass is 79.9. The lowest BCUT2D eigenvalue weighted by Crippen LogP contribution is -2.03. The Morgan fingerprint density at radius 3 is 2.71 bits per heavy atom. The topological polar surface area (TPSA) is 52.3 Å². The van der Waals surface area contributed by atoms with Crippen molar-refractivity contribution in [3.63, 3.8) is 0 Å². The zero-order valence-corrected chi connectivity index (χ0v) is 9.72. The van der Waals surface area contributed by atoms with E-state index in [1.807, 2.05) is 6.92 Å². The highest BCUT2D eigenvalue weighted by molar-refractivity contribution is 9.10. The second-order valence-corrected chi connectivity index (χ2v) is 3.62. The summed E-state index contributed by atoms with van der Waals surface area (Å²) in [6, 6.07) is 3.42. The molecule has 0 bridgehead atoms. The highest BCUT2D eigenvalue weighted by Gasteiger charge is 2.14. The van der Waals surface area contributed by atoms with Gasteiger partial charge in [-0.25, -0.2) is 0 Å². The van der Waals surface area contributed by atoms with Gasteiger partial charge in [0.2, 0.25) is 0 Å². The van der Waals surface area contributed by atoms with E-state index >= 15 is 0 Å². The Labute approximate surface area is 91.4 Å². The van der Waals surface area contributed by atoms with Gasteiger partial charge in [-0.3, -0.25) is 4.79 Å². The van der Waals surface area contributed by atoms with Crippen LogP contribution in [0.5, 0.6) is 5.75 Å². The molecule has 0 amide bonds. The molecule has 0 saturated heterocycles. The summed E-state index contributed by atoms with van der Waals surface area (Å²) in [7, 11) is 0. The average Bonchev–Trinajstić information content (AvgIpc) is 2.11. The highest BCUT2D eigenvalue weighted by Crippen LogP contribution is 2.32. The fourth-order valence-electron chi connectivity index (χ4n) is 1.18. The molecule has 0 atom stereocenters. The van der Waals surface area contributed by atoms with Gasteiger partial charge in [0.05, 0.1) is 16.6 Å². The van der Waals surface area contributed by atoms with Crippen molar-refractivity contribution in [1.82, 2.24) is 0 Å². The molecule has 0 unspecified atom stereocenters. The minimum absolute atomic E-state index is 0.0624.